The number of benzene rings is 2. The third-order valence-corrected chi connectivity index (χ3v) is 3.56. The van der Waals surface area contributed by atoms with Crippen LogP contribution >= 0.6 is 0 Å². The van der Waals surface area contributed by atoms with Crippen LogP contribution in [-0.2, 0) is 0 Å². The molecule has 2 heteroatoms. The summed E-state index contributed by atoms with van der Waals surface area (Å²) in [5, 5.41) is 3.43. The van der Waals surface area contributed by atoms with Gasteiger partial charge in [-0.15, -0.1) is 0 Å². The Bertz CT molecular complexity index is 572. The lowest BCUT2D eigenvalue weighted by molar-refractivity contribution is 0.312. The van der Waals surface area contributed by atoms with Crippen LogP contribution in [0.5, 0.6) is 5.75 Å². The van der Waals surface area contributed by atoms with Gasteiger partial charge >= 0.3 is 0 Å². The van der Waals surface area contributed by atoms with Gasteiger partial charge in [0, 0.05) is 5.56 Å². The van der Waals surface area contributed by atoms with Gasteiger partial charge in [-0.2, -0.15) is 0 Å². The van der Waals surface area contributed by atoms with Crippen molar-refractivity contribution >= 4 is 0 Å². The van der Waals surface area contributed by atoms with Crippen molar-refractivity contribution in [3.8, 4) is 5.75 Å². The van der Waals surface area contributed by atoms with Gasteiger partial charge in [0.1, 0.15) is 5.75 Å². The van der Waals surface area contributed by atoms with E-state index in [2.05, 4.69) is 62.5 Å². The monoisotopic (exact) mass is 283 g/mol. The van der Waals surface area contributed by atoms with Crippen LogP contribution in [0.1, 0.15) is 41.6 Å². The molecule has 2 rings (SSSR count). The largest absolute Gasteiger partial charge is 0.493 e. The maximum absolute atomic E-state index is 5.91. The highest BCUT2D eigenvalue weighted by Crippen LogP contribution is 2.30. The van der Waals surface area contributed by atoms with Crippen LogP contribution in [0, 0.1) is 13.8 Å². The summed E-state index contributed by atoms with van der Waals surface area (Å²) in [7, 11) is 2.00. The summed E-state index contributed by atoms with van der Waals surface area (Å²) in [5.74, 6) is 0.970. The fourth-order valence-electron chi connectivity index (χ4n) is 2.74. The van der Waals surface area contributed by atoms with Crippen LogP contribution in [0.15, 0.2) is 42.5 Å². The fourth-order valence-corrected chi connectivity index (χ4v) is 2.74. The lowest BCUT2D eigenvalue weighted by atomic mass is 9.95. The maximum Gasteiger partial charge on any atom is 0.124 e. The minimum absolute atomic E-state index is 0.150. The fraction of sp³-hybridized carbons (Fsp3) is 0.368. The molecule has 0 bridgehead atoms. The van der Waals surface area contributed by atoms with Crippen molar-refractivity contribution in [3.05, 3.63) is 64.7 Å². The zero-order valence-corrected chi connectivity index (χ0v) is 13.4. The predicted molar refractivity (Wildman–Crippen MR) is 89.0 cm³/mol. The van der Waals surface area contributed by atoms with Gasteiger partial charge in [-0.3, -0.25) is 0 Å². The summed E-state index contributed by atoms with van der Waals surface area (Å²) in [6.45, 7) is 7.16. The lowest BCUT2D eigenvalue weighted by Crippen LogP contribution is -2.19. The summed E-state index contributed by atoms with van der Waals surface area (Å²) in [4.78, 5) is 0. The number of rotatable bonds is 6. The molecule has 0 aromatic heterocycles. The molecule has 0 aliphatic heterocycles. The minimum Gasteiger partial charge on any atom is -0.493 e. The summed E-state index contributed by atoms with van der Waals surface area (Å²) >= 11 is 0. The zero-order valence-electron chi connectivity index (χ0n) is 13.4. The molecule has 1 N–H and O–H groups in total. The Morgan fingerprint density at radius 2 is 1.71 bits per heavy atom. The molecule has 0 radical (unpaired) electrons. The van der Waals surface area contributed by atoms with Crippen LogP contribution in [0.25, 0.3) is 0 Å². The van der Waals surface area contributed by atoms with Crippen LogP contribution < -0.4 is 10.1 Å². The summed E-state index contributed by atoms with van der Waals surface area (Å²) in [6, 6.07) is 15.1. The first-order valence-corrected chi connectivity index (χ1v) is 7.63. The van der Waals surface area contributed by atoms with Crippen LogP contribution in [0.4, 0.5) is 0 Å². The van der Waals surface area contributed by atoms with Gasteiger partial charge in [0.05, 0.1) is 12.6 Å². The third-order valence-electron chi connectivity index (χ3n) is 3.56. The van der Waals surface area contributed by atoms with Crippen molar-refractivity contribution in [1.82, 2.24) is 5.32 Å². The van der Waals surface area contributed by atoms with Gasteiger partial charge in [0.15, 0.2) is 0 Å². The number of hydrogen-bond acceptors (Lipinski definition) is 2. The summed E-state index contributed by atoms with van der Waals surface area (Å²) in [6.07, 6.45) is 1.02. The maximum atomic E-state index is 5.91. The van der Waals surface area contributed by atoms with E-state index >= 15 is 0 Å². The first kappa shape index (κ1) is 15.6. The number of ether oxygens (including phenoxy) is 1. The zero-order chi connectivity index (χ0) is 15.2. The highest BCUT2D eigenvalue weighted by molar-refractivity contribution is 5.43. The Morgan fingerprint density at radius 1 is 1.05 bits per heavy atom. The van der Waals surface area contributed by atoms with E-state index in [0.717, 1.165) is 18.8 Å². The number of para-hydroxylation sites is 1. The smallest absolute Gasteiger partial charge is 0.124 e. The van der Waals surface area contributed by atoms with Gasteiger partial charge in [0.25, 0.3) is 0 Å². The molecule has 0 amide bonds. The minimum atomic E-state index is 0.150. The molecule has 0 aliphatic rings. The Labute approximate surface area is 128 Å². The molecule has 0 spiro atoms. The molecule has 0 aliphatic carbocycles. The Balaban J connectivity index is 2.41. The van der Waals surface area contributed by atoms with E-state index in [1.54, 1.807) is 0 Å². The van der Waals surface area contributed by atoms with Gasteiger partial charge in [0.2, 0.25) is 0 Å². The molecule has 21 heavy (non-hydrogen) atoms. The molecule has 1 unspecified atom stereocenters. The molecule has 0 fully saturated rings. The Kier molecular flexibility index (Phi) is 5.40. The van der Waals surface area contributed by atoms with Crippen molar-refractivity contribution in [2.24, 2.45) is 0 Å². The van der Waals surface area contributed by atoms with Crippen LogP contribution in [0.2, 0.25) is 0 Å². The molecule has 0 saturated carbocycles. The van der Waals surface area contributed by atoms with Crippen molar-refractivity contribution < 1.29 is 4.74 Å². The first-order valence-electron chi connectivity index (χ1n) is 7.63. The Hall–Kier alpha value is -1.80. The third kappa shape index (κ3) is 3.85. The highest BCUT2D eigenvalue weighted by atomic mass is 16.5. The average molecular weight is 283 g/mol. The molecule has 112 valence electrons. The standard InChI is InChI=1S/C19H25NO/c1-5-10-21-18-9-7-6-8-17(18)19(20-4)16-12-14(2)11-15(3)13-16/h6-9,11-13,19-20H,5,10H2,1-4H3. The molecule has 2 aromatic carbocycles. The van der Waals surface area contributed by atoms with Crippen molar-refractivity contribution in [1.29, 1.82) is 0 Å². The van der Waals surface area contributed by atoms with Gasteiger partial charge in [-0.25, -0.2) is 0 Å². The van der Waals surface area contributed by atoms with E-state index in [4.69, 9.17) is 4.74 Å². The van der Waals surface area contributed by atoms with E-state index in [0.29, 0.717) is 0 Å². The average Bonchev–Trinajstić information content (AvgIpc) is 2.46. The van der Waals surface area contributed by atoms with Crippen molar-refractivity contribution in [2.45, 2.75) is 33.2 Å². The first-order chi connectivity index (χ1) is 10.2. The highest BCUT2D eigenvalue weighted by Gasteiger charge is 2.16. The molecule has 1 atom stereocenters. The SMILES string of the molecule is CCCOc1ccccc1C(NC)c1cc(C)cc(C)c1. The molecule has 0 saturated heterocycles. The molecule has 2 aromatic rings. The van der Waals surface area contributed by atoms with E-state index in [1.165, 1.54) is 22.3 Å². The van der Waals surface area contributed by atoms with E-state index in [-0.39, 0.29) is 6.04 Å². The number of nitrogens with one attached hydrogen (secondary N) is 1. The van der Waals surface area contributed by atoms with Crippen LogP contribution in [0.3, 0.4) is 0 Å². The summed E-state index contributed by atoms with van der Waals surface area (Å²) in [5.41, 5.74) is 5.05. The van der Waals surface area contributed by atoms with Crippen molar-refractivity contribution in [2.75, 3.05) is 13.7 Å². The lowest BCUT2D eigenvalue weighted by Gasteiger charge is -2.21. The van der Waals surface area contributed by atoms with Crippen molar-refractivity contribution in [3.63, 3.8) is 0 Å². The second kappa shape index (κ2) is 7.28. The topological polar surface area (TPSA) is 21.3 Å². The molecule has 2 nitrogen and oxygen atoms in total. The van der Waals surface area contributed by atoms with E-state index in [1.807, 2.05) is 13.1 Å². The Morgan fingerprint density at radius 3 is 2.33 bits per heavy atom. The van der Waals surface area contributed by atoms with Gasteiger partial charge in [-0.05, 0) is 38.9 Å². The normalized spacial score (nSPS) is 12.2. The quantitative estimate of drug-likeness (QED) is 0.848. The number of aryl methyl sites for hydroxylation is 2. The predicted octanol–water partition coefficient (Wildman–Crippen LogP) is 4.40. The molecular formula is C19H25NO. The van der Waals surface area contributed by atoms with Gasteiger partial charge < -0.3 is 10.1 Å². The number of hydrogen-bond donors (Lipinski definition) is 1. The van der Waals surface area contributed by atoms with Gasteiger partial charge in [-0.1, -0.05) is 54.4 Å². The second-order valence-corrected chi connectivity index (χ2v) is 5.53. The van der Waals surface area contributed by atoms with E-state index < -0.39 is 0 Å². The second-order valence-electron chi connectivity index (χ2n) is 5.53. The molecule has 0 heterocycles. The summed E-state index contributed by atoms with van der Waals surface area (Å²) < 4.78 is 5.91. The van der Waals surface area contributed by atoms with E-state index in [9.17, 15) is 0 Å². The van der Waals surface area contributed by atoms with Crippen LogP contribution in [-0.4, -0.2) is 13.7 Å². The molecular weight excluding hydrogens is 258 g/mol.